The Kier molecular flexibility index (Phi) is 7.99. The van der Waals surface area contributed by atoms with Gasteiger partial charge < -0.3 is 10.6 Å². The molecule has 33 heavy (non-hydrogen) atoms. The number of piperazine rings is 1. The molecule has 3 rings (SSSR count). The molecule has 2 aromatic carbocycles. The lowest BCUT2D eigenvalue weighted by molar-refractivity contribution is -0.137. The van der Waals surface area contributed by atoms with E-state index in [4.69, 9.17) is 11.6 Å². The van der Waals surface area contributed by atoms with E-state index in [2.05, 4.69) is 10.6 Å². The maximum absolute atomic E-state index is 13.0. The first-order valence-corrected chi connectivity index (χ1v) is 10.9. The highest BCUT2D eigenvalue weighted by molar-refractivity contribution is 6.31. The van der Waals surface area contributed by atoms with E-state index in [0.717, 1.165) is 23.4 Å². The molecule has 2 aromatic rings. The number of benzene rings is 2. The molecule has 10 heteroatoms. The lowest BCUT2D eigenvalue weighted by Crippen LogP contribution is -2.53. The fourth-order valence-corrected chi connectivity index (χ4v) is 3.87. The lowest BCUT2D eigenvalue weighted by atomic mass is 10.1. The third-order valence-electron chi connectivity index (χ3n) is 5.66. The second kappa shape index (κ2) is 10.5. The molecule has 0 saturated carbocycles. The molecule has 0 radical (unpaired) electrons. The van der Waals surface area contributed by atoms with E-state index in [9.17, 15) is 22.8 Å². The Morgan fingerprint density at radius 1 is 1.06 bits per heavy atom. The zero-order chi connectivity index (χ0) is 24.2. The summed E-state index contributed by atoms with van der Waals surface area (Å²) in [6.07, 6.45) is -4.60. The number of hydrogen-bond acceptors (Lipinski definition) is 4. The van der Waals surface area contributed by atoms with Gasteiger partial charge in [0.1, 0.15) is 0 Å². The summed E-state index contributed by atoms with van der Waals surface area (Å²) in [6.45, 7) is 6.12. The van der Waals surface area contributed by atoms with Crippen LogP contribution in [0, 0.1) is 6.92 Å². The van der Waals surface area contributed by atoms with E-state index >= 15 is 0 Å². The summed E-state index contributed by atoms with van der Waals surface area (Å²) in [6, 6.07) is 10.5. The molecule has 2 N–H and O–H groups in total. The van der Waals surface area contributed by atoms with Crippen molar-refractivity contribution in [2.45, 2.75) is 26.1 Å². The minimum atomic E-state index is -4.60. The molecule has 1 heterocycles. The van der Waals surface area contributed by atoms with E-state index in [1.807, 2.05) is 47.9 Å². The summed E-state index contributed by atoms with van der Waals surface area (Å²) in [5.41, 5.74) is 0.808. The number of amides is 2. The first-order chi connectivity index (χ1) is 15.5. The Morgan fingerprint density at radius 2 is 1.73 bits per heavy atom. The van der Waals surface area contributed by atoms with Crippen LogP contribution in [0.15, 0.2) is 42.5 Å². The normalized spacial score (nSPS) is 16.3. The maximum Gasteiger partial charge on any atom is 0.417 e. The molecule has 0 spiro atoms. The fraction of sp³-hybridized carbons (Fsp3) is 0.391. The topological polar surface area (TPSA) is 64.7 Å². The van der Waals surface area contributed by atoms with Crippen molar-refractivity contribution in [1.82, 2.24) is 9.80 Å². The Morgan fingerprint density at radius 3 is 2.36 bits per heavy atom. The minimum absolute atomic E-state index is 0.0388. The van der Waals surface area contributed by atoms with Crippen LogP contribution in [0.3, 0.4) is 0 Å². The molecule has 1 aliphatic heterocycles. The zero-order valence-electron chi connectivity index (χ0n) is 18.4. The molecule has 0 aliphatic carbocycles. The number of hydrogen-bond donors (Lipinski definition) is 2. The van der Waals surface area contributed by atoms with Crippen molar-refractivity contribution in [2.75, 3.05) is 43.4 Å². The highest BCUT2D eigenvalue weighted by Gasteiger charge is 2.33. The molecule has 0 bridgehead atoms. The first-order valence-electron chi connectivity index (χ1n) is 10.5. The molecular formula is C23H26ClF3N4O2. The molecule has 1 atom stereocenters. The Bertz CT molecular complexity index is 1010. The van der Waals surface area contributed by atoms with E-state index < -0.39 is 22.7 Å². The average Bonchev–Trinajstić information content (AvgIpc) is 2.76. The van der Waals surface area contributed by atoms with Crippen molar-refractivity contribution < 1.29 is 22.8 Å². The minimum Gasteiger partial charge on any atom is -0.325 e. The zero-order valence-corrected chi connectivity index (χ0v) is 19.1. The fourth-order valence-electron chi connectivity index (χ4n) is 3.65. The van der Waals surface area contributed by atoms with Gasteiger partial charge in [0.15, 0.2) is 0 Å². The third kappa shape index (κ3) is 6.69. The second-order valence-electron chi connectivity index (χ2n) is 8.03. The Balaban J connectivity index is 1.48. The quantitative estimate of drug-likeness (QED) is 0.646. The van der Waals surface area contributed by atoms with Crippen LogP contribution in [0.5, 0.6) is 0 Å². The van der Waals surface area contributed by atoms with E-state index in [-0.39, 0.29) is 24.2 Å². The van der Waals surface area contributed by atoms with Crippen LogP contribution >= 0.6 is 11.6 Å². The number of aryl methyl sites for hydroxylation is 1. The van der Waals surface area contributed by atoms with Crippen LogP contribution in [-0.4, -0.2) is 60.4 Å². The van der Waals surface area contributed by atoms with Crippen LogP contribution in [-0.2, 0) is 15.8 Å². The molecule has 1 unspecified atom stereocenters. The van der Waals surface area contributed by atoms with Crippen LogP contribution in [0.4, 0.5) is 24.5 Å². The Labute approximate surface area is 195 Å². The molecule has 0 aromatic heterocycles. The largest absolute Gasteiger partial charge is 0.417 e. The van der Waals surface area contributed by atoms with Crippen LogP contribution in [0.25, 0.3) is 0 Å². The lowest BCUT2D eigenvalue weighted by Gasteiger charge is -2.37. The van der Waals surface area contributed by atoms with Crippen molar-refractivity contribution in [1.29, 1.82) is 0 Å². The second-order valence-corrected chi connectivity index (χ2v) is 8.44. The number of halogens is 4. The molecule has 6 nitrogen and oxygen atoms in total. The van der Waals surface area contributed by atoms with Gasteiger partial charge in [-0.3, -0.25) is 19.4 Å². The molecule has 1 saturated heterocycles. The van der Waals surface area contributed by atoms with Crippen LogP contribution in [0.1, 0.15) is 18.1 Å². The number of rotatable bonds is 6. The number of nitrogens with one attached hydrogen (secondary N) is 2. The monoisotopic (exact) mass is 482 g/mol. The van der Waals surface area contributed by atoms with Gasteiger partial charge >= 0.3 is 6.18 Å². The highest BCUT2D eigenvalue weighted by atomic mass is 35.5. The van der Waals surface area contributed by atoms with Gasteiger partial charge in [0.05, 0.1) is 23.2 Å². The van der Waals surface area contributed by atoms with Crippen molar-refractivity contribution in [3.63, 3.8) is 0 Å². The summed E-state index contributed by atoms with van der Waals surface area (Å²) < 4.78 is 39.0. The maximum atomic E-state index is 13.0. The van der Waals surface area contributed by atoms with Crippen LogP contribution < -0.4 is 10.6 Å². The van der Waals surface area contributed by atoms with Crippen molar-refractivity contribution in [3.8, 4) is 0 Å². The van der Waals surface area contributed by atoms with Crippen molar-refractivity contribution in [3.05, 3.63) is 58.6 Å². The van der Waals surface area contributed by atoms with E-state index in [1.165, 1.54) is 6.07 Å². The van der Waals surface area contributed by atoms with Gasteiger partial charge in [-0.05, 0) is 43.7 Å². The summed E-state index contributed by atoms with van der Waals surface area (Å²) in [5, 5.41) is 5.03. The van der Waals surface area contributed by atoms with Gasteiger partial charge in [0.25, 0.3) is 0 Å². The highest BCUT2D eigenvalue weighted by Crippen LogP contribution is 2.36. The summed E-state index contributed by atoms with van der Waals surface area (Å²) >= 11 is 5.61. The summed E-state index contributed by atoms with van der Waals surface area (Å²) in [4.78, 5) is 28.9. The van der Waals surface area contributed by atoms with Crippen molar-refractivity contribution in [2.24, 2.45) is 0 Å². The summed E-state index contributed by atoms with van der Waals surface area (Å²) in [5.74, 6) is -0.511. The SMILES string of the molecule is Cc1ccccc1NC(=O)C(C)N1CCN(CC(=O)Nc2ccc(Cl)c(C(F)(F)F)c2)CC1. The number of carbonyl (C=O) groups excluding carboxylic acids is 2. The molecule has 178 valence electrons. The standard InChI is InChI=1S/C23H26ClF3N4O2/c1-15-5-3-4-6-20(15)29-22(33)16(2)31-11-9-30(10-12-31)14-21(32)28-17-7-8-19(24)18(13-17)23(25,26)27/h3-8,13,16H,9-12,14H2,1-2H3,(H,28,32)(H,29,33). The van der Waals surface area contributed by atoms with Gasteiger partial charge in [-0.25, -0.2) is 0 Å². The molecule has 2 amide bonds. The average molecular weight is 483 g/mol. The van der Waals surface area contributed by atoms with Crippen molar-refractivity contribution >= 4 is 34.8 Å². The van der Waals surface area contributed by atoms with Crippen LogP contribution in [0.2, 0.25) is 5.02 Å². The van der Waals surface area contributed by atoms with Gasteiger partial charge in [-0.2, -0.15) is 13.2 Å². The number of alkyl halides is 3. The van der Waals surface area contributed by atoms with Gasteiger partial charge in [-0.1, -0.05) is 29.8 Å². The Hall–Kier alpha value is -2.62. The molecular weight excluding hydrogens is 457 g/mol. The van der Waals surface area contributed by atoms with Gasteiger partial charge in [0, 0.05) is 37.6 Å². The number of carbonyl (C=O) groups is 2. The summed E-state index contributed by atoms with van der Waals surface area (Å²) in [7, 11) is 0. The predicted molar refractivity (Wildman–Crippen MR) is 122 cm³/mol. The number of para-hydroxylation sites is 1. The van der Waals surface area contributed by atoms with E-state index in [1.54, 1.807) is 0 Å². The number of anilines is 2. The van der Waals surface area contributed by atoms with Gasteiger partial charge in [-0.15, -0.1) is 0 Å². The van der Waals surface area contributed by atoms with Gasteiger partial charge in [0.2, 0.25) is 11.8 Å². The molecule has 1 aliphatic rings. The number of nitrogens with zero attached hydrogens (tertiary/aromatic N) is 2. The first kappa shape index (κ1) is 25.0. The predicted octanol–water partition coefficient (Wildman–Crippen LogP) is 4.25. The third-order valence-corrected chi connectivity index (χ3v) is 5.99. The molecule has 1 fully saturated rings. The smallest absolute Gasteiger partial charge is 0.325 e. The van der Waals surface area contributed by atoms with E-state index in [0.29, 0.717) is 26.2 Å².